The van der Waals surface area contributed by atoms with Gasteiger partial charge < -0.3 is 10.6 Å². The van der Waals surface area contributed by atoms with Crippen molar-refractivity contribution in [2.75, 3.05) is 18.5 Å². The number of thiocarbonyl (C=S) groups is 1. The number of carbonyl (C=O) groups is 1. The van der Waals surface area contributed by atoms with Crippen LogP contribution in [0, 0.1) is 0 Å². The molecule has 0 saturated carbocycles. The molecule has 112 valence electrons. The monoisotopic (exact) mass is 344 g/mol. The molecule has 3 N–H and O–H groups in total. The molecule has 0 bridgehead atoms. The smallest absolute Gasteiger partial charge is 0.277 e. The van der Waals surface area contributed by atoms with Crippen LogP contribution >= 0.6 is 35.4 Å². The number of carbonyl (C=O) groups excluding carboxylic acids is 1. The van der Waals surface area contributed by atoms with Crippen molar-refractivity contribution in [3.05, 3.63) is 28.2 Å². The number of amides is 1. The molecule has 1 aromatic rings. The molecule has 0 unspecified atom stereocenters. The molecule has 8 heteroatoms. The van der Waals surface area contributed by atoms with Gasteiger partial charge in [-0.2, -0.15) is 5.10 Å². The molecule has 1 fully saturated rings. The number of nitrogens with two attached hydrogens (primary N) is 1. The van der Waals surface area contributed by atoms with E-state index in [0.717, 1.165) is 12.8 Å². The zero-order chi connectivity index (χ0) is 15.4. The van der Waals surface area contributed by atoms with E-state index in [1.807, 2.05) is 0 Å². The highest BCUT2D eigenvalue weighted by Gasteiger charge is 2.24. The summed E-state index contributed by atoms with van der Waals surface area (Å²) in [4.78, 5) is 13.9. The average molecular weight is 345 g/mol. The number of hydrogen-bond donors (Lipinski definition) is 2. The van der Waals surface area contributed by atoms with Crippen LogP contribution in [0.1, 0.15) is 12.8 Å². The SMILES string of the molecule is NC(=S)/C(=N\Nc1cc(Cl)ccc1Cl)C(=O)N1CCCC1. The number of likely N-dealkylation sites (tertiary alicyclic amines) is 1. The summed E-state index contributed by atoms with van der Waals surface area (Å²) >= 11 is 16.8. The largest absolute Gasteiger partial charge is 0.388 e. The summed E-state index contributed by atoms with van der Waals surface area (Å²) in [6.07, 6.45) is 1.95. The Hall–Kier alpha value is -1.37. The molecule has 1 heterocycles. The summed E-state index contributed by atoms with van der Waals surface area (Å²) in [6.45, 7) is 1.39. The van der Waals surface area contributed by atoms with Gasteiger partial charge in [0.1, 0.15) is 4.99 Å². The number of anilines is 1. The highest BCUT2D eigenvalue weighted by atomic mass is 35.5. The Morgan fingerprint density at radius 3 is 2.62 bits per heavy atom. The van der Waals surface area contributed by atoms with E-state index >= 15 is 0 Å². The molecule has 2 rings (SSSR count). The standard InChI is InChI=1S/C13H14Cl2N4OS/c14-8-3-4-9(15)10(7-8)17-18-11(12(16)21)13(20)19-5-1-2-6-19/h3-4,7,17H,1-2,5-6H2,(H2,16,21)/b18-11+. The summed E-state index contributed by atoms with van der Waals surface area (Å²) < 4.78 is 0. The number of hydrazone groups is 1. The van der Waals surface area contributed by atoms with Gasteiger partial charge in [-0.25, -0.2) is 0 Å². The van der Waals surface area contributed by atoms with Crippen LogP contribution in [0.4, 0.5) is 5.69 Å². The Kier molecular flexibility index (Phi) is 5.39. The van der Waals surface area contributed by atoms with Gasteiger partial charge in [-0.3, -0.25) is 10.2 Å². The third-order valence-corrected chi connectivity index (χ3v) is 3.80. The first-order chi connectivity index (χ1) is 9.99. The van der Waals surface area contributed by atoms with Crippen LogP contribution in [0.2, 0.25) is 10.0 Å². The molecule has 0 aromatic heterocycles. The summed E-state index contributed by atoms with van der Waals surface area (Å²) in [5.41, 5.74) is 8.78. The van der Waals surface area contributed by atoms with E-state index in [4.69, 9.17) is 41.2 Å². The van der Waals surface area contributed by atoms with Crippen LogP contribution in [0.3, 0.4) is 0 Å². The fraction of sp³-hybridized carbons (Fsp3) is 0.308. The van der Waals surface area contributed by atoms with Gasteiger partial charge in [0.05, 0.1) is 10.7 Å². The lowest BCUT2D eigenvalue weighted by molar-refractivity contribution is -0.122. The van der Waals surface area contributed by atoms with Crippen LogP contribution in [-0.4, -0.2) is 34.6 Å². The maximum absolute atomic E-state index is 12.3. The van der Waals surface area contributed by atoms with Crippen molar-refractivity contribution < 1.29 is 4.79 Å². The zero-order valence-corrected chi connectivity index (χ0v) is 13.4. The second-order valence-electron chi connectivity index (χ2n) is 4.56. The first-order valence-corrected chi connectivity index (χ1v) is 7.53. The minimum Gasteiger partial charge on any atom is -0.388 e. The van der Waals surface area contributed by atoms with E-state index in [1.54, 1.807) is 23.1 Å². The fourth-order valence-electron chi connectivity index (χ4n) is 1.98. The minimum absolute atomic E-state index is 0.0166. The number of nitrogens with zero attached hydrogens (tertiary/aromatic N) is 2. The number of halogens is 2. The lowest BCUT2D eigenvalue weighted by Crippen LogP contribution is -2.40. The summed E-state index contributed by atoms with van der Waals surface area (Å²) in [5, 5.41) is 4.94. The van der Waals surface area contributed by atoms with Crippen LogP contribution in [0.25, 0.3) is 0 Å². The second kappa shape index (κ2) is 7.06. The molecular formula is C13H14Cl2N4OS. The lowest BCUT2D eigenvalue weighted by Gasteiger charge is -2.16. The first-order valence-electron chi connectivity index (χ1n) is 6.37. The van der Waals surface area contributed by atoms with Gasteiger partial charge in [-0.05, 0) is 31.0 Å². The predicted octanol–water partition coefficient (Wildman–Crippen LogP) is 2.67. The van der Waals surface area contributed by atoms with Crippen molar-refractivity contribution in [1.29, 1.82) is 0 Å². The summed E-state index contributed by atoms with van der Waals surface area (Å²) in [5.74, 6) is -0.273. The Labute approximate surface area is 138 Å². The number of nitrogens with one attached hydrogen (secondary N) is 1. The first kappa shape index (κ1) is 16.0. The molecule has 0 radical (unpaired) electrons. The Bertz CT molecular complexity index is 600. The molecule has 1 saturated heterocycles. The normalized spacial score (nSPS) is 15.1. The van der Waals surface area contributed by atoms with Crippen LogP contribution in [0.15, 0.2) is 23.3 Å². The van der Waals surface area contributed by atoms with Crippen molar-refractivity contribution in [1.82, 2.24) is 4.90 Å². The number of benzene rings is 1. The maximum Gasteiger partial charge on any atom is 0.277 e. The van der Waals surface area contributed by atoms with Gasteiger partial charge in [0.15, 0.2) is 5.71 Å². The van der Waals surface area contributed by atoms with Crippen LogP contribution < -0.4 is 11.2 Å². The fourth-order valence-corrected chi connectivity index (χ4v) is 2.44. The molecule has 0 aliphatic carbocycles. The molecule has 1 aliphatic heterocycles. The van der Waals surface area contributed by atoms with E-state index < -0.39 is 0 Å². The number of rotatable bonds is 4. The van der Waals surface area contributed by atoms with Gasteiger partial charge >= 0.3 is 0 Å². The van der Waals surface area contributed by atoms with Gasteiger partial charge in [0, 0.05) is 18.1 Å². The van der Waals surface area contributed by atoms with Gasteiger partial charge in [-0.1, -0.05) is 35.4 Å². The summed E-state index contributed by atoms with van der Waals surface area (Å²) in [6, 6.07) is 4.89. The highest BCUT2D eigenvalue weighted by Crippen LogP contribution is 2.25. The molecular weight excluding hydrogens is 331 g/mol. The van der Waals surface area contributed by atoms with E-state index in [9.17, 15) is 4.79 Å². The third-order valence-electron chi connectivity index (χ3n) is 3.05. The van der Waals surface area contributed by atoms with Crippen molar-refractivity contribution in [2.45, 2.75) is 12.8 Å². The van der Waals surface area contributed by atoms with Crippen molar-refractivity contribution in [3.8, 4) is 0 Å². The van der Waals surface area contributed by atoms with E-state index in [2.05, 4.69) is 10.5 Å². The quantitative estimate of drug-likeness (QED) is 0.500. The molecule has 5 nitrogen and oxygen atoms in total. The van der Waals surface area contributed by atoms with Gasteiger partial charge in [-0.15, -0.1) is 0 Å². The van der Waals surface area contributed by atoms with E-state index in [1.165, 1.54) is 0 Å². The zero-order valence-electron chi connectivity index (χ0n) is 11.1. The highest BCUT2D eigenvalue weighted by molar-refractivity contribution is 7.82. The Morgan fingerprint density at radius 2 is 2.00 bits per heavy atom. The predicted molar refractivity (Wildman–Crippen MR) is 90.1 cm³/mol. The third kappa shape index (κ3) is 4.06. The number of hydrogen-bond acceptors (Lipinski definition) is 4. The van der Waals surface area contributed by atoms with Crippen LogP contribution in [0.5, 0.6) is 0 Å². The second-order valence-corrected chi connectivity index (χ2v) is 5.84. The lowest BCUT2D eigenvalue weighted by atomic mass is 10.3. The van der Waals surface area contributed by atoms with E-state index in [-0.39, 0.29) is 16.6 Å². The maximum atomic E-state index is 12.3. The Morgan fingerprint density at radius 1 is 1.33 bits per heavy atom. The molecule has 21 heavy (non-hydrogen) atoms. The van der Waals surface area contributed by atoms with E-state index in [0.29, 0.717) is 28.8 Å². The topological polar surface area (TPSA) is 70.7 Å². The molecule has 1 aliphatic rings. The summed E-state index contributed by atoms with van der Waals surface area (Å²) in [7, 11) is 0. The molecule has 0 spiro atoms. The van der Waals surface area contributed by atoms with Crippen molar-refractivity contribution >= 4 is 57.7 Å². The van der Waals surface area contributed by atoms with Gasteiger partial charge in [0.25, 0.3) is 5.91 Å². The van der Waals surface area contributed by atoms with Crippen molar-refractivity contribution in [3.63, 3.8) is 0 Å². The van der Waals surface area contributed by atoms with Crippen LogP contribution in [-0.2, 0) is 4.79 Å². The molecule has 1 aromatic carbocycles. The molecule has 1 amide bonds. The average Bonchev–Trinajstić information content (AvgIpc) is 2.96. The molecule has 0 atom stereocenters. The van der Waals surface area contributed by atoms with Crippen molar-refractivity contribution in [2.24, 2.45) is 10.8 Å². The van der Waals surface area contributed by atoms with Gasteiger partial charge in [0.2, 0.25) is 0 Å². The Balaban J connectivity index is 2.19. The minimum atomic E-state index is -0.273.